The van der Waals surface area contributed by atoms with Crippen molar-refractivity contribution in [2.45, 2.75) is 12.5 Å². The number of carboxylic acids is 1. The molecule has 0 aliphatic rings. The molecule has 15 heavy (non-hydrogen) atoms. The van der Waals surface area contributed by atoms with Crippen LogP contribution >= 0.6 is 27.3 Å². The first-order valence-electron chi connectivity index (χ1n) is 4.34. The Labute approximate surface area is 100 Å². The molecule has 0 saturated heterocycles. The highest BCUT2D eigenvalue weighted by Crippen LogP contribution is 2.27. The predicted octanol–water partition coefficient (Wildman–Crippen LogP) is 1.78. The van der Waals surface area contributed by atoms with Crippen LogP contribution in [0.4, 0.5) is 5.00 Å². The maximum Gasteiger partial charge on any atom is 0.306 e. The minimum Gasteiger partial charge on any atom is -0.481 e. The molecule has 4 nitrogen and oxygen atoms in total. The van der Waals surface area contributed by atoms with Gasteiger partial charge in [0.1, 0.15) is 0 Å². The van der Waals surface area contributed by atoms with Crippen molar-refractivity contribution in [2.75, 3.05) is 18.5 Å². The molecule has 0 bridgehead atoms. The summed E-state index contributed by atoms with van der Waals surface area (Å²) in [6, 6.07) is 1.93. The first-order chi connectivity index (χ1) is 6.99. The van der Waals surface area contributed by atoms with E-state index in [1.165, 1.54) is 11.3 Å². The Balaban J connectivity index is 2.48. The quantitative estimate of drug-likeness (QED) is 0.869. The van der Waals surface area contributed by atoms with E-state index >= 15 is 0 Å². The molecular formula is C9H12BrNO3S. The molecule has 2 N–H and O–H groups in total. The van der Waals surface area contributed by atoms with Crippen molar-refractivity contribution in [3.05, 3.63) is 15.9 Å². The largest absolute Gasteiger partial charge is 0.481 e. The number of aliphatic hydroxyl groups is 1. The van der Waals surface area contributed by atoms with E-state index in [1.807, 2.05) is 23.4 Å². The van der Waals surface area contributed by atoms with Crippen molar-refractivity contribution < 1.29 is 15.0 Å². The van der Waals surface area contributed by atoms with Crippen LogP contribution in [0.2, 0.25) is 0 Å². The molecule has 1 aromatic heterocycles. The summed E-state index contributed by atoms with van der Waals surface area (Å²) < 4.78 is 0.988. The summed E-state index contributed by atoms with van der Waals surface area (Å²) in [5.41, 5.74) is 0. The predicted molar refractivity (Wildman–Crippen MR) is 63.5 cm³/mol. The third-order valence-electron chi connectivity index (χ3n) is 1.82. The highest BCUT2D eigenvalue weighted by atomic mass is 79.9. The van der Waals surface area contributed by atoms with E-state index < -0.39 is 12.1 Å². The van der Waals surface area contributed by atoms with Gasteiger partial charge in [0.15, 0.2) is 0 Å². The van der Waals surface area contributed by atoms with Gasteiger partial charge < -0.3 is 15.1 Å². The first-order valence-corrected chi connectivity index (χ1v) is 6.01. The molecule has 0 aliphatic carbocycles. The fraction of sp³-hybridized carbons (Fsp3) is 0.444. The fourth-order valence-corrected chi connectivity index (χ4v) is 2.57. The molecule has 0 aliphatic heterocycles. The van der Waals surface area contributed by atoms with Gasteiger partial charge in [-0.3, -0.25) is 4.79 Å². The van der Waals surface area contributed by atoms with Crippen molar-refractivity contribution in [1.29, 1.82) is 0 Å². The summed E-state index contributed by atoms with van der Waals surface area (Å²) in [5.74, 6) is -0.983. The van der Waals surface area contributed by atoms with Crippen LogP contribution in [-0.2, 0) is 4.79 Å². The second kappa shape index (κ2) is 5.48. The second-order valence-electron chi connectivity index (χ2n) is 3.24. The van der Waals surface area contributed by atoms with Gasteiger partial charge in [-0.1, -0.05) is 0 Å². The Hall–Kier alpha value is -0.590. The molecule has 0 aromatic carbocycles. The zero-order valence-corrected chi connectivity index (χ0v) is 10.6. The molecule has 1 unspecified atom stereocenters. The number of hydrogen-bond acceptors (Lipinski definition) is 4. The van der Waals surface area contributed by atoms with Crippen molar-refractivity contribution in [3.63, 3.8) is 0 Å². The first kappa shape index (κ1) is 12.5. The molecule has 0 fully saturated rings. The number of halogens is 1. The molecule has 0 saturated carbocycles. The zero-order chi connectivity index (χ0) is 11.4. The number of aliphatic hydroxyl groups excluding tert-OH is 1. The average molecular weight is 294 g/mol. The number of carboxylic acid groups (broad SMARTS) is 1. The highest BCUT2D eigenvalue weighted by Gasteiger charge is 2.13. The molecular weight excluding hydrogens is 282 g/mol. The fourth-order valence-electron chi connectivity index (χ4n) is 1.18. The smallest absolute Gasteiger partial charge is 0.306 e. The third-order valence-corrected chi connectivity index (χ3v) is 3.63. The number of likely N-dealkylation sites (N-methyl/N-ethyl adjacent to an activating group) is 1. The van der Waals surface area contributed by atoms with Crippen molar-refractivity contribution >= 4 is 38.2 Å². The van der Waals surface area contributed by atoms with Gasteiger partial charge in [0.2, 0.25) is 0 Å². The lowest BCUT2D eigenvalue weighted by Crippen LogP contribution is -2.30. The molecule has 0 amide bonds. The summed E-state index contributed by atoms with van der Waals surface area (Å²) in [6.07, 6.45) is -1.06. The van der Waals surface area contributed by atoms with E-state index in [0.717, 1.165) is 9.47 Å². The van der Waals surface area contributed by atoms with E-state index in [1.54, 1.807) is 0 Å². The Morgan fingerprint density at radius 2 is 2.40 bits per heavy atom. The molecule has 1 aromatic rings. The van der Waals surface area contributed by atoms with E-state index in [4.69, 9.17) is 5.11 Å². The average Bonchev–Trinajstić information content (AvgIpc) is 2.49. The molecule has 1 heterocycles. The zero-order valence-electron chi connectivity index (χ0n) is 8.18. The number of hydrogen-bond donors (Lipinski definition) is 2. The summed E-state index contributed by atoms with van der Waals surface area (Å²) in [4.78, 5) is 12.2. The highest BCUT2D eigenvalue weighted by molar-refractivity contribution is 9.10. The standard InChI is InChI=1S/C9H12BrNO3S/c1-11(4-7(12)3-9(13)14)8-2-6(10)5-15-8/h2,5,7,12H,3-4H2,1H3,(H,13,14). The summed E-state index contributed by atoms with van der Waals surface area (Å²) in [6.45, 7) is 0.319. The monoisotopic (exact) mass is 293 g/mol. The molecule has 6 heteroatoms. The Morgan fingerprint density at radius 3 is 2.87 bits per heavy atom. The van der Waals surface area contributed by atoms with E-state index in [-0.39, 0.29) is 6.42 Å². The van der Waals surface area contributed by atoms with Gasteiger partial charge in [-0.15, -0.1) is 11.3 Å². The van der Waals surface area contributed by atoms with Crippen LogP contribution in [-0.4, -0.2) is 35.9 Å². The van der Waals surface area contributed by atoms with E-state index in [0.29, 0.717) is 6.54 Å². The third kappa shape index (κ3) is 4.19. The SMILES string of the molecule is CN(CC(O)CC(=O)O)c1cc(Br)cs1. The molecule has 0 spiro atoms. The van der Waals surface area contributed by atoms with Gasteiger partial charge in [-0.2, -0.15) is 0 Å². The van der Waals surface area contributed by atoms with E-state index in [2.05, 4.69) is 15.9 Å². The lowest BCUT2D eigenvalue weighted by Gasteiger charge is -2.19. The van der Waals surface area contributed by atoms with Crippen LogP contribution in [0.15, 0.2) is 15.9 Å². The summed E-state index contributed by atoms with van der Waals surface area (Å²) in [7, 11) is 1.82. The van der Waals surface area contributed by atoms with Crippen LogP contribution < -0.4 is 4.90 Å². The summed E-state index contributed by atoms with van der Waals surface area (Å²) in [5, 5.41) is 20.8. The number of anilines is 1. The maximum absolute atomic E-state index is 10.3. The van der Waals surface area contributed by atoms with Crippen molar-refractivity contribution in [2.24, 2.45) is 0 Å². The number of rotatable bonds is 5. The summed E-state index contributed by atoms with van der Waals surface area (Å²) >= 11 is 4.87. The van der Waals surface area contributed by atoms with Crippen LogP contribution in [0.1, 0.15) is 6.42 Å². The molecule has 84 valence electrons. The van der Waals surface area contributed by atoms with Gasteiger partial charge in [0.25, 0.3) is 0 Å². The number of thiophene rings is 1. The Bertz CT molecular complexity index is 342. The molecule has 1 atom stereocenters. The van der Waals surface area contributed by atoms with Crippen molar-refractivity contribution in [1.82, 2.24) is 0 Å². The maximum atomic E-state index is 10.3. The van der Waals surface area contributed by atoms with Gasteiger partial charge in [-0.25, -0.2) is 0 Å². The van der Waals surface area contributed by atoms with Gasteiger partial charge in [0, 0.05) is 23.4 Å². The molecule has 0 radical (unpaired) electrons. The normalized spacial score (nSPS) is 12.5. The minimum atomic E-state index is -0.983. The van der Waals surface area contributed by atoms with Crippen LogP contribution in [0.25, 0.3) is 0 Å². The number of aliphatic carboxylic acids is 1. The number of carbonyl (C=O) groups is 1. The van der Waals surface area contributed by atoms with Gasteiger partial charge in [0.05, 0.1) is 17.5 Å². The lowest BCUT2D eigenvalue weighted by molar-refractivity contribution is -0.139. The Morgan fingerprint density at radius 1 is 1.73 bits per heavy atom. The molecule has 1 rings (SSSR count). The Kier molecular flexibility index (Phi) is 4.56. The van der Waals surface area contributed by atoms with Gasteiger partial charge >= 0.3 is 5.97 Å². The van der Waals surface area contributed by atoms with Crippen molar-refractivity contribution in [3.8, 4) is 0 Å². The number of nitrogens with zero attached hydrogens (tertiary/aromatic N) is 1. The van der Waals surface area contributed by atoms with Crippen LogP contribution in [0.5, 0.6) is 0 Å². The minimum absolute atomic E-state index is 0.225. The lowest BCUT2D eigenvalue weighted by atomic mass is 10.2. The van der Waals surface area contributed by atoms with E-state index in [9.17, 15) is 9.90 Å². The van der Waals surface area contributed by atoms with Gasteiger partial charge in [-0.05, 0) is 22.0 Å². The topological polar surface area (TPSA) is 60.8 Å². The van der Waals surface area contributed by atoms with Crippen LogP contribution in [0, 0.1) is 0 Å². The van der Waals surface area contributed by atoms with Crippen LogP contribution in [0.3, 0.4) is 0 Å². The second-order valence-corrected chi connectivity index (χ2v) is 5.04.